The first-order valence-corrected chi connectivity index (χ1v) is 11.1. The van der Waals surface area contributed by atoms with E-state index in [2.05, 4.69) is 12.1 Å². The molecule has 0 aliphatic rings. The molecule has 4 aromatic rings. The summed E-state index contributed by atoms with van der Waals surface area (Å²) in [5, 5.41) is 21.0. The summed E-state index contributed by atoms with van der Waals surface area (Å²) in [5.41, 5.74) is 0. The maximum Gasteiger partial charge on any atom is 0.298 e. The van der Waals surface area contributed by atoms with E-state index in [1.807, 2.05) is 0 Å². The minimum atomic E-state index is -4.41. The van der Waals surface area contributed by atoms with E-state index in [9.17, 15) is 27.0 Å². The van der Waals surface area contributed by atoms with Gasteiger partial charge in [0.2, 0.25) is 0 Å². The van der Waals surface area contributed by atoms with Gasteiger partial charge in [0.25, 0.3) is 20.2 Å². The topological polar surface area (TPSA) is 149 Å². The molecule has 4 rings (SSSR count). The average molecular weight is 446 g/mol. The summed E-state index contributed by atoms with van der Waals surface area (Å²) in [6.07, 6.45) is 0. The Morgan fingerprint density at radius 3 is 1.27 bits per heavy atom. The molecule has 0 heterocycles. The molecule has 154 valence electrons. The molecule has 30 heavy (non-hydrogen) atoms. The van der Waals surface area contributed by atoms with Gasteiger partial charge in [-0.1, -0.05) is 48.5 Å². The smallest absolute Gasteiger partial charge is 0.298 e. The first kappa shape index (κ1) is 21.5. The van der Waals surface area contributed by atoms with E-state index in [1.165, 1.54) is 12.1 Å². The summed E-state index contributed by atoms with van der Waals surface area (Å²) in [7, 11) is -8.81. The maximum absolute atomic E-state index is 10.9. The Balaban J connectivity index is 0.000000171. The van der Waals surface area contributed by atoms with Crippen LogP contribution in [0.25, 0.3) is 21.5 Å². The molecule has 0 unspecified atom stereocenters. The largest absolute Gasteiger partial charge is 0.506 e. The second-order valence-corrected chi connectivity index (χ2v) is 8.87. The Morgan fingerprint density at radius 1 is 0.600 bits per heavy atom. The zero-order valence-corrected chi connectivity index (χ0v) is 16.6. The standard InChI is InChI=1S/2C10H7O4S/c2*11-9-5-7-3-1-2-4-8(7)6-10(9)15(12,13)14/h2*1-4,6,11H,(H,12,13,14). The van der Waals surface area contributed by atoms with Gasteiger partial charge >= 0.3 is 0 Å². The maximum atomic E-state index is 10.9. The van der Waals surface area contributed by atoms with Gasteiger partial charge in [0.1, 0.15) is 21.3 Å². The number of fused-ring (bicyclic) bond motifs is 2. The van der Waals surface area contributed by atoms with Crippen molar-refractivity contribution in [2.45, 2.75) is 9.79 Å². The molecule has 0 saturated carbocycles. The van der Waals surface area contributed by atoms with E-state index in [-0.39, 0.29) is 0 Å². The first-order valence-electron chi connectivity index (χ1n) is 8.20. The van der Waals surface area contributed by atoms with Gasteiger partial charge in [0.15, 0.2) is 0 Å². The van der Waals surface area contributed by atoms with Crippen molar-refractivity contribution in [3.63, 3.8) is 0 Å². The molecule has 0 fully saturated rings. The molecule has 0 aromatic heterocycles. The van der Waals surface area contributed by atoms with E-state index in [0.717, 1.165) is 0 Å². The molecule has 4 aromatic carbocycles. The fourth-order valence-electron chi connectivity index (χ4n) is 2.66. The van der Waals surface area contributed by atoms with E-state index >= 15 is 0 Å². The number of phenolic OH excluding ortho intramolecular Hbond substituents is 2. The normalized spacial score (nSPS) is 11.8. The van der Waals surface area contributed by atoms with Crippen LogP contribution in [0.3, 0.4) is 0 Å². The predicted octanol–water partition coefficient (Wildman–Crippen LogP) is 3.18. The lowest BCUT2D eigenvalue weighted by atomic mass is 10.1. The van der Waals surface area contributed by atoms with Gasteiger partial charge in [-0.3, -0.25) is 9.11 Å². The fourth-order valence-corrected chi connectivity index (χ4v) is 3.81. The molecule has 4 N–H and O–H groups in total. The summed E-state index contributed by atoms with van der Waals surface area (Å²) in [5.74, 6) is -1.15. The highest BCUT2D eigenvalue weighted by Gasteiger charge is 2.17. The molecule has 2 radical (unpaired) electrons. The van der Waals surface area contributed by atoms with E-state index in [0.29, 0.717) is 21.5 Å². The second kappa shape index (κ2) is 7.92. The Labute approximate surface area is 172 Å². The molecule has 0 aliphatic carbocycles. The monoisotopic (exact) mass is 446 g/mol. The van der Waals surface area contributed by atoms with Crippen molar-refractivity contribution < 1.29 is 36.2 Å². The molecule has 0 amide bonds. The summed E-state index contributed by atoms with van der Waals surface area (Å²) in [4.78, 5) is -1.05. The van der Waals surface area contributed by atoms with Crippen LogP contribution < -0.4 is 0 Å². The Hall–Kier alpha value is -3.18. The minimum Gasteiger partial charge on any atom is -0.506 e. The number of phenols is 2. The van der Waals surface area contributed by atoms with Crippen LogP contribution in [0.2, 0.25) is 0 Å². The molecule has 0 atom stereocenters. The van der Waals surface area contributed by atoms with Crippen LogP contribution in [0, 0.1) is 12.1 Å². The number of hydrogen-bond donors (Lipinski definition) is 4. The third kappa shape index (κ3) is 4.69. The Kier molecular flexibility index (Phi) is 5.68. The van der Waals surface area contributed by atoms with Gasteiger partial charge in [-0.15, -0.1) is 0 Å². The SMILES string of the molecule is O=S(=O)(O)c1cc2ccccc2[c]c1O.O=S(=O)(O)c1cc2ccccc2[c]c1O. The van der Waals surface area contributed by atoms with Crippen LogP contribution in [0.15, 0.2) is 70.5 Å². The third-order valence-corrected chi connectivity index (χ3v) is 5.76. The summed E-state index contributed by atoms with van der Waals surface area (Å²) < 4.78 is 61.1. The van der Waals surface area contributed by atoms with E-state index < -0.39 is 41.5 Å². The first-order chi connectivity index (χ1) is 14.0. The highest BCUT2D eigenvalue weighted by Crippen LogP contribution is 2.28. The van der Waals surface area contributed by atoms with Crippen LogP contribution in [0.1, 0.15) is 0 Å². The number of benzene rings is 4. The van der Waals surface area contributed by atoms with Crippen molar-refractivity contribution in [1.29, 1.82) is 0 Å². The molecule has 0 aliphatic heterocycles. The van der Waals surface area contributed by atoms with Crippen molar-refractivity contribution in [3.8, 4) is 11.5 Å². The summed E-state index contributed by atoms with van der Waals surface area (Å²) >= 11 is 0. The van der Waals surface area contributed by atoms with Crippen LogP contribution in [-0.2, 0) is 20.2 Å². The average Bonchev–Trinajstić information content (AvgIpc) is 2.65. The van der Waals surface area contributed by atoms with E-state index in [4.69, 9.17) is 9.11 Å². The van der Waals surface area contributed by atoms with Crippen molar-refractivity contribution in [2.24, 2.45) is 0 Å². The van der Waals surface area contributed by atoms with Crippen LogP contribution >= 0.6 is 0 Å². The summed E-state index contributed by atoms with van der Waals surface area (Å²) in [6, 6.07) is 21.0. The quantitative estimate of drug-likeness (QED) is 0.343. The molecular formula is C20H14O8S2. The summed E-state index contributed by atoms with van der Waals surface area (Å²) in [6.45, 7) is 0. The number of hydrogen-bond acceptors (Lipinski definition) is 6. The lowest BCUT2D eigenvalue weighted by Crippen LogP contribution is -1.98. The van der Waals surface area contributed by atoms with Crippen molar-refractivity contribution in [3.05, 3.63) is 72.8 Å². The van der Waals surface area contributed by atoms with Gasteiger partial charge in [-0.25, -0.2) is 0 Å². The van der Waals surface area contributed by atoms with Crippen molar-refractivity contribution in [1.82, 2.24) is 0 Å². The number of rotatable bonds is 2. The van der Waals surface area contributed by atoms with Gasteiger partial charge in [0.05, 0.1) is 0 Å². The lowest BCUT2D eigenvalue weighted by molar-refractivity contribution is 0.441. The predicted molar refractivity (Wildman–Crippen MR) is 109 cm³/mol. The molecular weight excluding hydrogens is 432 g/mol. The fraction of sp³-hybridized carbons (Fsp3) is 0. The zero-order chi connectivity index (χ0) is 22.1. The van der Waals surface area contributed by atoms with Crippen LogP contribution in [-0.4, -0.2) is 36.2 Å². The Bertz CT molecular complexity index is 1350. The zero-order valence-electron chi connectivity index (χ0n) is 15.0. The van der Waals surface area contributed by atoms with E-state index in [1.54, 1.807) is 48.5 Å². The minimum absolute atomic E-state index is 0.527. The highest BCUT2D eigenvalue weighted by molar-refractivity contribution is 7.86. The van der Waals surface area contributed by atoms with Crippen LogP contribution in [0.5, 0.6) is 11.5 Å². The van der Waals surface area contributed by atoms with Crippen molar-refractivity contribution in [2.75, 3.05) is 0 Å². The highest BCUT2D eigenvalue weighted by atomic mass is 32.2. The number of aromatic hydroxyl groups is 2. The Morgan fingerprint density at radius 2 is 0.933 bits per heavy atom. The van der Waals surface area contributed by atoms with Gasteiger partial charge in [-0.2, -0.15) is 16.8 Å². The molecule has 0 saturated heterocycles. The molecule has 8 nitrogen and oxygen atoms in total. The lowest BCUT2D eigenvalue weighted by Gasteiger charge is -2.03. The second-order valence-electron chi connectivity index (χ2n) is 6.09. The molecule has 0 bridgehead atoms. The van der Waals surface area contributed by atoms with Gasteiger partial charge in [0, 0.05) is 12.1 Å². The molecule has 0 spiro atoms. The van der Waals surface area contributed by atoms with Crippen LogP contribution in [0.4, 0.5) is 0 Å². The van der Waals surface area contributed by atoms with Gasteiger partial charge < -0.3 is 10.2 Å². The van der Waals surface area contributed by atoms with Gasteiger partial charge in [-0.05, 0) is 33.7 Å². The third-order valence-electron chi connectivity index (χ3n) is 4.02. The van der Waals surface area contributed by atoms with Crippen molar-refractivity contribution >= 4 is 41.8 Å². The molecule has 10 heteroatoms.